The molecule has 0 spiro atoms. The van der Waals surface area contributed by atoms with Crippen LogP contribution < -0.4 is 9.64 Å². The third-order valence-electron chi connectivity index (χ3n) is 5.09. The summed E-state index contributed by atoms with van der Waals surface area (Å²) in [5.41, 5.74) is 1.38. The molecule has 1 heterocycles. The van der Waals surface area contributed by atoms with Gasteiger partial charge in [-0.2, -0.15) is 0 Å². The summed E-state index contributed by atoms with van der Waals surface area (Å²) in [5.74, 6) is 0.747. The Balaban J connectivity index is 1.77. The van der Waals surface area contributed by atoms with E-state index in [1.54, 1.807) is 29.3 Å². The number of hydrogen-bond acceptors (Lipinski definition) is 3. The smallest absolute Gasteiger partial charge is 0.259 e. The first-order valence-corrected chi connectivity index (χ1v) is 11.7. The monoisotopic (exact) mass is 470 g/mol. The van der Waals surface area contributed by atoms with Gasteiger partial charge in [-0.05, 0) is 36.2 Å². The van der Waals surface area contributed by atoms with Crippen molar-refractivity contribution in [3.63, 3.8) is 0 Å². The maximum Gasteiger partial charge on any atom is 0.259 e. The molecule has 1 amide bonds. The van der Waals surface area contributed by atoms with E-state index in [2.05, 4.69) is 11.9 Å². The number of aromatic nitrogens is 1. The average molecular weight is 471 g/mol. The third kappa shape index (κ3) is 6.72. The molecule has 0 atom stereocenters. The summed E-state index contributed by atoms with van der Waals surface area (Å²) in [7, 11) is 0. The van der Waals surface area contributed by atoms with Crippen molar-refractivity contribution in [1.29, 1.82) is 0 Å². The van der Waals surface area contributed by atoms with E-state index in [4.69, 9.17) is 27.9 Å². The first kappa shape index (κ1) is 24.1. The first-order chi connectivity index (χ1) is 15.6. The van der Waals surface area contributed by atoms with Gasteiger partial charge < -0.3 is 4.74 Å². The van der Waals surface area contributed by atoms with Gasteiger partial charge in [0, 0.05) is 11.8 Å². The minimum atomic E-state index is -0.234. The molecular formula is C26H28Cl2N2O2. The van der Waals surface area contributed by atoms with E-state index in [-0.39, 0.29) is 5.91 Å². The lowest BCUT2D eigenvalue weighted by atomic mass is 10.1. The summed E-state index contributed by atoms with van der Waals surface area (Å²) in [6.07, 6.45) is 7.34. The maximum absolute atomic E-state index is 13.5. The molecule has 0 saturated heterocycles. The van der Waals surface area contributed by atoms with Crippen molar-refractivity contribution in [1.82, 2.24) is 4.98 Å². The molecule has 4 nitrogen and oxygen atoms in total. The molecule has 1 aromatic heterocycles. The Labute approximate surface area is 200 Å². The summed E-state index contributed by atoms with van der Waals surface area (Å²) >= 11 is 12.9. The molecule has 0 radical (unpaired) electrons. The number of hydrogen-bond donors (Lipinski definition) is 0. The topological polar surface area (TPSA) is 42.4 Å². The molecule has 32 heavy (non-hydrogen) atoms. The van der Waals surface area contributed by atoms with Gasteiger partial charge in [-0.1, -0.05) is 92.2 Å². The highest BCUT2D eigenvalue weighted by atomic mass is 35.5. The van der Waals surface area contributed by atoms with Crippen molar-refractivity contribution < 1.29 is 9.53 Å². The Morgan fingerprint density at radius 1 is 0.938 bits per heavy atom. The number of halogens is 2. The number of pyridine rings is 1. The number of ether oxygens (including phenoxy) is 1. The molecule has 0 aliphatic heterocycles. The van der Waals surface area contributed by atoms with E-state index in [1.807, 2.05) is 42.5 Å². The Bertz CT molecular complexity index is 974. The van der Waals surface area contributed by atoms with Crippen LogP contribution in [0.5, 0.6) is 5.75 Å². The second-order valence-electron chi connectivity index (χ2n) is 7.60. The molecule has 0 unspecified atom stereocenters. The number of carbonyl (C=O) groups is 1. The van der Waals surface area contributed by atoms with E-state index in [0.717, 1.165) is 18.4 Å². The van der Waals surface area contributed by atoms with Gasteiger partial charge >= 0.3 is 0 Å². The van der Waals surface area contributed by atoms with Crippen molar-refractivity contribution in [3.05, 3.63) is 88.0 Å². The summed E-state index contributed by atoms with van der Waals surface area (Å²) in [6.45, 7) is 3.11. The van der Waals surface area contributed by atoms with Crippen molar-refractivity contribution in [2.75, 3.05) is 11.5 Å². The van der Waals surface area contributed by atoms with Crippen LogP contribution in [0, 0.1) is 0 Å². The van der Waals surface area contributed by atoms with Gasteiger partial charge in [0.15, 0.2) is 5.75 Å². The maximum atomic E-state index is 13.5. The minimum Gasteiger partial charge on any atom is -0.490 e. The Hall–Kier alpha value is -2.56. The summed E-state index contributed by atoms with van der Waals surface area (Å²) < 4.78 is 5.82. The van der Waals surface area contributed by atoms with Crippen LogP contribution in [0.15, 0.2) is 66.9 Å². The van der Waals surface area contributed by atoms with E-state index in [0.29, 0.717) is 40.3 Å². The second kappa shape index (κ2) is 12.5. The molecule has 2 aromatic carbocycles. The van der Waals surface area contributed by atoms with Gasteiger partial charge in [-0.3, -0.25) is 9.69 Å². The SMILES string of the molecule is CCCCCCCOc1c(Cl)cc(C(=O)N(Cc2ccccc2)c2ccccn2)cc1Cl. The minimum absolute atomic E-state index is 0.234. The van der Waals surface area contributed by atoms with E-state index in [9.17, 15) is 4.79 Å². The zero-order valence-corrected chi connectivity index (χ0v) is 19.8. The normalized spacial score (nSPS) is 10.7. The highest BCUT2D eigenvalue weighted by Gasteiger charge is 2.22. The van der Waals surface area contributed by atoms with Crippen LogP contribution in [0.1, 0.15) is 54.9 Å². The van der Waals surface area contributed by atoms with Crippen LogP contribution >= 0.6 is 23.2 Å². The third-order valence-corrected chi connectivity index (χ3v) is 5.66. The molecule has 0 N–H and O–H groups in total. The van der Waals surface area contributed by atoms with Crippen molar-refractivity contribution in [2.45, 2.75) is 45.6 Å². The van der Waals surface area contributed by atoms with Crippen molar-refractivity contribution in [3.8, 4) is 5.75 Å². The summed E-state index contributed by atoms with van der Waals surface area (Å²) in [4.78, 5) is 19.4. The zero-order valence-electron chi connectivity index (χ0n) is 18.3. The van der Waals surface area contributed by atoms with Gasteiger partial charge in [0.05, 0.1) is 23.2 Å². The number of unbranched alkanes of at least 4 members (excludes halogenated alkanes) is 4. The average Bonchev–Trinajstić information content (AvgIpc) is 2.82. The molecule has 0 fully saturated rings. The molecule has 3 aromatic rings. The lowest BCUT2D eigenvalue weighted by Gasteiger charge is -2.22. The molecule has 3 rings (SSSR count). The van der Waals surface area contributed by atoms with Crippen LogP contribution in [0.4, 0.5) is 5.82 Å². The highest BCUT2D eigenvalue weighted by Crippen LogP contribution is 2.35. The van der Waals surface area contributed by atoms with Crippen LogP contribution in [-0.2, 0) is 6.54 Å². The van der Waals surface area contributed by atoms with Crippen LogP contribution in [-0.4, -0.2) is 17.5 Å². The number of anilines is 1. The van der Waals surface area contributed by atoms with E-state index in [1.165, 1.54) is 19.3 Å². The number of carbonyl (C=O) groups excluding carboxylic acids is 1. The lowest BCUT2D eigenvalue weighted by Crippen LogP contribution is -2.31. The second-order valence-corrected chi connectivity index (χ2v) is 8.41. The largest absolute Gasteiger partial charge is 0.490 e. The van der Waals surface area contributed by atoms with E-state index >= 15 is 0 Å². The summed E-state index contributed by atoms with van der Waals surface area (Å²) in [6, 6.07) is 18.5. The van der Waals surface area contributed by atoms with Gasteiger partial charge in [0.1, 0.15) is 5.82 Å². The Morgan fingerprint density at radius 3 is 2.28 bits per heavy atom. The molecule has 0 aliphatic rings. The van der Waals surface area contributed by atoms with Crippen LogP contribution in [0.3, 0.4) is 0 Å². The predicted octanol–water partition coefficient (Wildman–Crippen LogP) is 7.58. The van der Waals surface area contributed by atoms with Crippen molar-refractivity contribution in [2.24, 2.45) is 0 Å². The van der Waals surface area contributed by atoms with Crippen LogP contribution in [0.25, 0.3) is 0 Å². The Kier molecular flexibility index (Phi) is 9.39. The predicted molar refractivity (Wildman–Crippen MR) is 132 cm³/mol. The van der Waals surface area contributed by atoms with Gasteiger partial charge in [-0.15, -0.1) is 0 Å². The number of nitrogens with zero attached hydrogens (tertiary/aromatic N) is 2. The molecule has 0 aliphatic carbocycles. The van der Waals surface area contributed by atoms with Crippen LogP contribution in [0.2, 0.25) is 10.0 Å². The molecular weight excluding hydrogens is 443 g/mol. The number of amides is 1. The molecule has 168 valence electrons. The number of rotatable bonds is 11. The highest BCUT2D eigenvalue weighted by molar-refractivity contribution is 6.37. The number of benzene rings is 2. The summed E-state index contributed by atoms with van der Waals surface area (Å²) in [5, 5.41) is 0.658. The van der Waals surface area contributed by atoms with Gasteiger partial charge in [0.25, 0.3) is 5.91 Å². The molecule has 0 bridgehead atoms. The fourth-order valence-corrected chi connectivity index (χ4v) is 3.99. The lowest BCUT2D eigenvalue weighted by molar-refractivity contribution is 0.0984. The molecule has 0 saturated carbocycles. The zero-order chi connectivity index (χ0) is 22.8. The standard InChI is InChI=1S/C26H28Cl2N2O2/c1-2-3-4-5-11-16-32-25-22(27)17-21(18-23(25)28)26(31)30(24-14-9-10-15-29-24)19-20-12-7-6-8-13-20/h6-10,12-15,17-18H,2-5,11,16,19H2,1H3. The fraction of sp³-hybridized carbons (Fsp3) is 0.308. The van der Waals surface area contributed by atoms with Crippen molar-refractivity contribution >= 4 is 34.9 Å². The van der Waals surface area contributed by atoms with Gasteiger partial charge in [-0.25, -0.2) is 4.98 Å². The Morgan fingerprint density at radius 2 is 1.62 bits per heavy atom. The van der Waals surface area contributed by atoms with E-state index < -0.39 is 0 Å². The first-order valence-electron chi connectivity index (χ1n) is 11.0. The fourth-order valence-electron chi connectivity index (χ4n) is 3.39. The quantitative estimate of drug-likeness (QED) is 0.271. The molecule has 6 heteroatoms. The van der Waals surface area contributed by atoms with Gasteiger partial charge in [0.2, 0.25) is 0 Å².